The molecule has 0 radical (unpaired) electrons. The second kappa shape index (κ2) is 6.15. The highest BCUT2D eigenvalue weighted by Crippen LogP contribution is 2.17. The Labute approximate surface area is 104 Å². The third kappa shape index (κ3) is 3.99. The van der Waals surface area contributed by atoms with Gasteiger partial charge in [-0.25, -0.2) is 4.39 Å². The highest BCUT2D eigenvalue weighted by molar-refractivity contribution is 7.80. The molecule has 4 nitrogen and oxygen atoms in total. The van der Waals surface area contributed by atoms with E-state index in [0.717, 1.165) is 6.07 Å². The molecule has 0 heterocycles. The van der Waals surface area contributed by atoms with Crippen molar-refractivity contribution in [1.29, 1.82) is 0 Å². The zero-order chi connectivity index (χ0) is 12.8. The van der Waals surface area contributed by atoms with Crippen LogP contribution in [0, 0.1) is 5.82 Å². The molecule has 0 aliphatic heterocycles. The Morgan fingerprint density at radius 1 is 1.59 bits per heavy atom. The van der Waals surface area contributed by atoms with E-state index < -0.39 is 5.82 Å². The van der Waals surface area contributed by atoms with E-state index in [1.165, 1.54) is 19.2 Å². The lowest BCUT2D eigenvalue weighted by Gasteiger charge is -2.06. The Balaban J connectivity index is 2.63. The van der Waals surface area contributed by atoms with Crippen molar-refractivity contribution in [2.45, 2.75) is 6.42 Å². The number of benzene rings is 1. The first kappa shape index (κ1) is 13.4. The maximum atomic E-state index is 13.3. The van der Waals surface area contributed by atoms with Gasteiger partial charge in [-0.15, -0.1) is 0 Å². The number of nitrogens with two attached hydrogens (primary N) is 1. The van der Waals surface area contributed by atoms with Gasteiger partial charge in [0.25, 0.3) is 5.91 Å². The summed E-state index contributed by atoms with van der Waals surface area (Å²) in [5, 5.41) is 2.58. The number of rotatable bonds is 5. The fraction of sp³-hybridized carbons (Fsp3) is 0.273. The molecule has 1 aromatic rings. The number of halogens is 1. The van der Waals surface area contributed by atoms with Crippen LogP contribution in [0.25, 0.3) is 0 Å². The van der Waals surface area contributed by atoms with Crippen molar-refractivity contribution in [3.8, 4) is 5.75 Å². The van der Waals surface area contributed by atoms with Crippen LogP contribution in [0.3, 0.4) is 0 Å². The number of nitrogens with one attached hydrogen (secondary N) is 1. The number of thiocarbonyl (C=S) groups is 1. The quantitative estimate of drug-likeness (QED) is 0.778. The second-order valence-corrected chi connectivity index (χ2v) is 3.85. The summed E-state index contributed by atoms with van der Waals surface area (Å²) in [5.41, 5.74) is 5.51. The van der Waals surface area contributed by atoms with Crippen molar-refractivity contribution in [3.63, 3.8) is 0 Å². The number of hydrogen-bond acceptors (Lipinski definition) is 3. The molecule has 0 unspecified atom stereocenters. The van der Waals surface area contributed by atoms with Crippen molar-refractivity contribution in [3.05, 3.63) is 29.6 Å². The van der Waals surface area contributed by atoms with Gasteiger partial charge in [0, 0.05) is 18.5 Å². The van der Waals surface area contributed by atoms with Gasteiger partial charge < -0.3 is 15.8 Å². The van der Waals surface area contributed by atoms with Crippen LogP contribution < -0.4 is 15.8 Å². The van der Waals surface area contributed by atoms with E-state index in [0.29, 0.717) is 18.0 Å². The first-order chi connectivity index (χ1) is 8.04. The van der Waals surface area contributed by atoms with E-state index in [4.69, 9.17) is 10.5 Å². The molecule has 92 valence electrons. The summed E-state index contributed by atoms with van der Waals surface area (Å²) in [6.45, 7) is 0.335. The second-order valence-electron chi connectivity index (χ2n) is 3.32. The Morgan fingerprint density at radius 2 is 2.29 bits per heavy atom. The number of hydrogen-bond donors (Lipinski definition) is 2. The topological polar surface area (TPSA) is 64.3 Å². The molecule has 0 saturated heterocycles. The minimum atomic E-state index is -0.575. The van der Waals surface area contributed by atoms with E-state index in [-0.39, 0.29) is 17.2 Å². The predicted molar refractivity (Wildman–Crippen MR) is 66.7 cm³/mol. The lowest BCUT2D eigenvalue weighted by molar-refractivity contribution is 0.0954. The Kier molecular flexibility index (Phi) is 4.84. The summed E-state index contributed by atoms with van der Waals surface area (Å²) < 4.78 is 18.1. The number of carbonyl (C=O) groups is 1. The zero-order valence-electron chi connectivity index (χ0n) is 9.33. The molecule has 0 saturated carbocycles. The van der Waals surface area contributed by atoms with Crippen molar-refractivity contribution in [2.24, 2.45) is 5.73 Å². The van der Waals surface area contributed by atoms with Gasteiger partial charge in [0.05, 0.1) is 12.1 Å². The van der Waals surface area contributed by atoms with Crippen LogP contribution in [0.1, 0.15) is 16.8 Å². The van der Waals surface area contributed by atoms with Gasteiger partial charge in [-0.1, -0.05) is 12.2 Å². The molecule has 1 aromatic carbocycles. The predicted octanol–water partition coefficient (Wildman–Crippen LogP) is 1.24. The molecule has 0 aliphatic carbocycles. The number of methoxy groups -OCH3 is 1. The van der Waals surface area contributed by atoms with Crippen LogP contribution in [0.2, 0.25) is 0 Å². The molecular formula is C11H13FN2O2S. The van der Waals surface area contributed by atoms with Gasteiger partial charge in [-0.05, 0) is 18.2 Å². The summed E-state index contributed by atoms with van der Waals surface area (Å²) in [5.74, 6) is -0.845. The van der Waals surface area contributed by atoms with Crippen molar-refractivity contribution in [1.82, 2.24) is 5.32 Å². The third-order valence-electron chi connectivity index (χ3n) is 2.07. The lowest BCUT2D eigenvalue weighted by atomic mass is 10.2. The summed E-state index contributed by atoms with van der Waals surface area (Å²) in [4.78, 5) is 11.9. The number of carbonyl (C=O) groups excluding carboxylic acids is 1. The van der Waals surface area contributed by atoms with E-state index in [1.807, 2.05) is 0 Å². The normalized spacial score (nSPS) is 9.76. The highest BCUT2D eigenvalue weighted by atomic mass is 32.1. The van der Waals surface area contributed by atoms with Gasteiger partial charge >= 0.3 is 0 Å². The Hall–Kier alpha value is -1.69. The highest BCUT2D eigenvalue weighted by Gasteiger charge is 2.09. The standard InChI is InChI=1S/C11H13FN2O2S/c1-16-9-3-2-7(6-8(9)12)11(15)14-5-4-10(13)17/h2-3,6H,4-5H2,1H3,(H2,13,17)(H,14,15). The Bertz CT molecular complexity index is 437. The van der Waals surface area contributed by atoms with Crippen LogP contribution in [0.4, 0.5) is 4.39 Å². The molecule has 0 fully saturated rings. The smallest absolute Gasteiger partial charge is 0.251 e. The Morgan fingerprint density at radius 3 is 2.82 bits per heavy atom. The lowest BCUT2D eigenvalue weighted by Crippen LogP contribution is -2.27. The average Bonchev–Trinajstić information content (AvgIpc) is 2.28. The molecule has 0 aliphatic rings. The summed E-state index contributed by atoms with van der Waals surface area (Å²) in [6, 6.07) is 4.00. The molecule has 17 heavy (non-hydrogen) atoms. The fourth-order valence-corrected chi connectivity index (χ4v) is 1.31. The average molecular weight is 256 g/mol. The van der Waals surface area contributed by atoms with Gasteiger partial charge in [0.2, 0.25) is 0 Å². The summed E-state index contributed by atoms with van der Waals surface area (Å²) in [6.07, 6.45) is 0.416. The zero-order valence-corrected chi connectivity index (χ0v) is 10.1. The SMILES string of the molecule is COc1ccc(C(=O)NCCC(N)=S)cc1F. The van der Waals surface area contributed by atoms with E-state index >= 15 is 0 Å². The summed E-state index contributed by atoms with van der Waals surface area (Å²) in [7, 11) is 1.36. The molecule has 1 amide bonds. The molecule has 0 bridgehead atoms. The van der Waals surface area contributed by atoms with Gasteiger partial charge in [0.1, 0.15) is 0 Å². The van der Waals surface area contributed by atoms with Crippen LogP contribution in [0.5, 0.6) is 5.75 Å². The van der Waals surface area contributed by atoms with Crippen LogP contribution in [0.15, 0.2) is 18.2 Å². The maximum Gasteiger partial charge on any atom is 0.251 e. The molecule has 6 heteroatoms. The van der Waals surface area contributed by atoms with Crippen molar-refractivity contribution >= 4 is 23.1 Å². The molecule has 3 N–H and O–H groups in total. The number of amides is 1. The maximum absolute atomic E-state index is 13.3. The van der Waals surface area contributed by atoms with E-state index in [9.17, 15) is 9.18 Å². The molecule has 0 spiro atoms. The first-order valence-corrected chi connectivity index (χ1v) is 5.35. The minimum absolute atomic E-state index is 0.102. The minimum Gasteiger partial charge on any atom is -0.494 e. The molecular weight excluding hydrogens is 243 g/mol. The van der Waals surface area contributed by atoms with Crippen LogP contribution in [-0.2, 0) is 0 Å². The third-order valence-corrected chi connectivity index (χ3v) is 2.28. The van der Waals surface area contributed by atoms with Crippen LogP contribution >= 0.6 is 12.2 Å². The van der Waals surface area contributed by atoms with E-state index in [2.05, 4.69) is 17.5 Å². The van der Waals surface area contributed by atoms with Gasteiger partial charge in [-0.2, -0.15) is 0 Å². The fourth-order valence-electron chi connectivity index (χ4n) is 1.21. The first-order valence-electron chi connectivity index (χ1n) is 4.94. The largest absolute Gasteiger partial charge is 0.494 e. The van der Waals surface area contributed by atoms with Crippen LogP contribution in [-0.4, -0.2) is 24.6 Å². The molecule has 0 aromatic heterocycles. The molecule has 1 rings (SSSR count). The van der Waals surface area contributed by atoms with Gasteiger partial charge in [0.15, 0.2) is 11.6 Å². The van der Waals surface area contributed by atoms with Crippen molar-refractivity contribution in [2.75, 3.05) is 13.7 Å². The van der Waals surface area contributed by atoms with E-state index in [1.54, 1.807) is 0 Å². The number of ether oxygens (including phenoxy) is 1. The monoisotopic (exact) mass is 256 g/mol. The summed E-state index contributed by atoms with van der Waals surface area (Å²) >= 11 is 4.67. The molecule has 0 atom stereocenters. The van der Waals surface area contributed by atoms with Gasteiger partial charge in [-0.3, -0.25) is 4.79 Å². The van der Waals surface area contributed by atoms with Crippen molar-refractivity contribution < 1.29 is 13.9 Å².